The summed E-state index contributed by atoms with van der Waals surface area (Å²) in [6.07, 6.45) is 0.294. The summed E-state index contributed by atoms with van der Waals surface area (Å²) >= 11 is 0. The van der Waals surface area contributed by atoms with Crippen molar-refractivity contribution < 1.29 is 28.5 Å². The molecule has 2 aromatic rings. The second kappa shape index (κ2) is 9.19. The molecule has 1 amide bonds. The van der Waals surface area contributed by atoms with E-state index in [4.69, 9.17) is 18.9 Å². The highest BCUT2D eigenvalue weighted by Crippen LogP contribution is 2.46. The van der Waals surface area contributed by atoms with E-state index in [1.54, 1.807) is 0 Å². The Kier molecular flexibility index (Phi) is 6.35. The van der Waals surface area contributed by atoms with Crippen LogP contribution in [0.4, 0.5) is 5.82 Å². The quantitative estimate of drug-likeness (QED) is 0.636. The van der Waals surface area contributed by atoms with E-state index in [1.807, 2.05) is 30.3 Å². The van der Waals surface area contributed by atoms with Crippen LogP contribution in [0.1, 0.15) is 25.6 Å². The van der Waals surface area contributed by atoms with Crippen molar-refractivity contribution in [1.82, 2.24) is 9.55 Å². The van der Waals surface area contributed by atoms with Gasteiger partial charge >= 0.3 is 11.7 Å². The maximum atomic E-state index is 12.7. The number of nitrogens with one attached hydrogen (secondary N) is 1. The Labute approximate surface area is 184 Å². The van der Waals surface area contributed by atoms with Crippen molar-refractivity contribution in [1.29, 1.82) is 0 Å². The summed E-state index contributed by atoms with van der Waals surface area (Å²) < 4.78 is 25.0. The molecule has 1 aromatic carbocycles. The summed E-state index contributed by atoms with van der Waals surface area (Å²) in [6.45, 7) is 3.36. The molecule has 4 rings (SSSR count). The van der Waals surface area contributed by atoms with E-state index >= 15 is 0 Å². The fraction of sp³-hybridized carbons (Fsp3) is 0.455. The molecule has 4 atom stereocenters. The third kappa shape index (κ3) is 4.57. The van der Waals surface area contributed by atoms with Gasteiger partial charge in [-0.15, -0.1) is 0 Å². The summed E-state index contributed by atoms with van der Waals surface area (Å²) in [6, 6.07) is 11.2. The smallest absolute Gasteiger partial charge is 0.351 e. The predicted octanol–water partition coefficient (Wildman–Crippen LogP) is 1.26. The highest BCUT2D eigenvalue weighted by atomic mass is 16.6. The van der Waals surface area contributed by atoms with Crippen molar-refractivity contribution >= 4 is 17.7 Å². The molecule has 2 bridgehead atoms. The number of hydrogen-bond acceptors (Lipinski definition) is 8. The minimum atomic E-state index is -1.07. The lowest BCUT2D eigenvalue weighted by atomic mass is 9.88. The van der Waals surface area contributed by atoms with Gasteiger partial charge in [-0.1, -0.05) is 30.3 Å². The van der Waals surface area contributed by atoms with Crippen LogP contribution >= 0.6 is 0 Å². The maximum absolute atomic E-state index is 12.7. The number of hydrogen-bond donors (Lipinski definition) is 1. The van der Waals surface area contributed by atoms with Crippen LogP contribution in [0.2, 0.25) is 0 Å². The minimum Gasteiger partial charge on any atom is -0.463 e. The summed E-state index contributed by atoms with van der Waals surface area (Å²) in [5.74, 6) is -0.962. The van der Waals surface area contributed by atoms with Crippen LogP contribution in [-0.4, -0.2) is 53.0 Å². The van der Waals surface area contributed by atoms with Gasteiger partial charge in [0, 0.05) is 20.0 Å². The summed E-state index contributed by atoms with van der Waals surface area (Å²) in [4.78, 5) is 39.4. The van der Waals surface area contributed by atoms with E-state index in [0.29, 0.717) is 13.2 Å². The van der Waals surface area contributed by atoms with Crippen LogP contribution in [0.25, 0.3) is 0 Å². The van der Waals surface area contributed by atoms with Gasteiger partial charge in [0.05, 0.1) is 25.7 Å². The van der Waals surface area contributed by atoms with Crippen LogP contribution < -0.4 is 11.0 Å². The molecule has 2 aliphatic heterocycles. The predicted molar refractivity (Wildman–Crippen MR) is 112 cm³/mol. The topological polar surface area (TPSA) is 118 Å². The molecule has 1 N–H and O–H groups in total. The molecular formula is C22H25N3O7. The van der Waals surface area contributed by atoms with Crippen LogP contribution in [-0.2, 0) is 35.1 Å². The van der Waals surface area contributed by atoms with Crippen molar-refractivity contribution in [3.8, 4) is 0 Å². The first-order valence-corrected chi connectivity index (χ1v) is 10.3. The third-order valence-electron chi connectivity index (χ3n) is 5.49. The van der Waals surface area contributed by atoms with Gasteiger partial charge in [-0.25, -0.2) is 4.79 Å². The highest BCUT2D eigenvalue weighted by molar-refractivity contribution is 5.87. The molecule has 10 nitrogen and oxygen atoms in total. The van der Waals surface area contributed by atoms with E-state index in [0.717, 1.165) is 5.56 Å². The Bertz CT molecular complexity index is 1040. The minimum absolute atomic E-state index is 0.0685. The number of benzene rings is 1. The largest absolute Gasteiger partial charge is 0.463 e. The number of aromatic nitrogens is 2. The van der Waals surface area contributed by atoms with Gasteiger partial charge in [0.25, 0.3) is 0 Å². The lowest BCUT2D eigenvalue weighted by molar-refractivity contribution is -0.193. The molecular weight excluding hydrogens is 418 g/mol. The first-order chi connectivity index (χ1) is 15.4. The van der Waals surface area contributed by atoms with Gasteiger partial charge in [-0.05, 0) is 11.6 Å². The zero-order chi connectivity index (χ0) is 22.7. The molecule has 2 aliphatic rings. The monoisotopic (exact) mass is 443 g/mol. The van der Waals surface area contributed by atoms with E-state index in [2.05, 4.69) is 10.3 Å². The number of carbonyl (C=O) groups excluding carboxylic acids is 2. The Balaban J connectivity index is 1.62. The van der Waals surface area contributed by atoms with Crippen molar-refractivity contribution in [2.75, 3.05) is 25.1 Å². The van der Waals surface area contributed by atoms with E-state index in [9.17, 15) is 14.4 Å². The number of ether oxygens (including phenoxy) is 4. The maximum Gasteiger partial charge on any atom is 0.351 e. The molecule has 170 valence electrons. The number of fused-ring (bicyclic) bond motifs is 2. The van der Waals surface area contributed by atoms with Gasteiger partial charge in [0.1, 0.15) is 24.8 Å². The van der Waals surface area contributed by atoms with E-state index < -0.39 is 29.6 Å². The van der Waals surface area contributed by atoms with E-state index in [-0.39, 0.29) is 30.9 Å². The first-order valence-electron chi connectivity index (χ1n) is 10.3. The molecule has 10 heteroatoms. The Hall–Kier alpha value is -3.08. The second-order valence-electron chi connectivity index (χ2n) is 7.93. The van der Waals surface area contributed by atoms with Crippen LogP contribution in [0, 0.1) is 5.92 Å². The molecule has 0 aliphatic carbocycles. The average Bonchev–Trinajstić information content (AvgIpc) is 2.92. The molecule has 0 unspecified atom stereocenters. The number of amides is 1. The fourth-order valence-corrected chi connectivity index (χ4v) is 4.12. The number of rotatable bonds is 7. The molecule has 2 saturated heterocycles. The van der Waals surface area contributed by atoms with Crippen LogP contribution in [0.3, 0.4) is 0 Å². The number of nitrogens with zero attached hydrogens (tertiary/aromatic N) is 2. The normalized spacial score (nSPS) is 26.5. The zero-order valence-corrected chi connectivity index (χ0v) is 17.9. The van der Waals surface area contributed by atoms with Gasteiger partial charge in [0.2, 0.25) is 5.91 Å². The molecule has 2 fully saturated rings. The zero-order valence-electron chi connectivity index (χ0n) is 17.9. The molecule has 3 heterocycles. The molecule has 32 heavy (non-hydrogen) atoms. The Morgan fingerprint density at radius 1 is 1.25 bits per heavy atom. The molecule has 0 radical (unpaired) electrons. The number of esters is 1. The third-order valence-corrected chi connectivity index (χ3v) is 5.49. The van der Waals surface area contributed by atoms with Gasteiger partial charge in [-0.3, -0.25) is 14.2 Å². The number of anilines is 1. The SMILES string of the molecule is CC(=O)Nc1ccn([C@@H]2O[C@@]3(COC(C)=O)COC[C@@H]2[C@@H]3OCc2ccccc2)c(=O)n1. The Morgan fingerprint density at radius 3 is 2.72 bits per heavy atom. The number of carbonyl (C=O) groups is 2. The lowest BCUT2D eigenvalue weighted by Crippen LogP contribution is -2.54. The molecule has 1 aromatic heterocycles. The van der Waals surface area contributed by atoms with Crippen molar-refractivity contribution in [2.24, 2.45) is 5.92 Å². The van der Waals surface area contributed by atoms with Gasteiger partial charge < -0.3 is 24.3 Å². The second-order valence-corrected chi connectivity index (χ2v) is 7.93. The lowest BCUT2D eigenvalue weighted by Gasteiger charge is -2.37. The van der Waals surface area contributed by atoms with Crippen LogP contribution in [0.5, 0.6) is 0 Å². The summed E-state index contributed by atoms with van der Waals surface area (Å²) in [5.41, 5.74) is -0.668. The first kappa shape index (κ1) is 22.1. The van der Waals surface area contributed by atoms with Crippen molar-refractivity contribution in [3.63, 3.8) is 0 Å². The standard InChI is InChI=1S/C22H25N3O7/c1-14(26)23-18-8-9-25(21(28)24-18)20-17-11-29-12-22(32-20,13-31-15(2)27)19(17)30-10-16-6-4-3-5-7-16/h3-9,17,19-20H,10-13H2,1-2H3,(H,23,24,26,28)/t17-,19+,20-,22-/m1/s1. The highest BCUT2D eigenvalue weighted by Gasteiger charge is 2.60. The van der Waals surface area contributed by atoms with Gasteiger partial charge in [-0.2, -0.15) is 4.98 Å². The van der Waals surface area contributed by atoms with Gasteiger partial charge in [0.15, 0.2) is 5.60 Å². The molecule has 0 saturated carbocycles. The Morgan fingerprint density at radius 2 is 2.03 bits per heavy atom. The fourth-order valence-electron chi connectivity index (χ4n) is 4.12. The van der Waals surface area contributed by atoms with Crippen LogP contribution in [0.15, 0.2) is 47.4 Å². The van der Waals surface area contributed by atoms with Crippen molar-refractivity contribution in [3.05, 3.63) is 58.6 Å². The van der Waals surface area contributed by atoms with E-state index in [1.165, 1.54) is 30.7 Å². The summed E-state index contributed by atoms with van der Waals surface area (Å²) in [7, 11) is 0. The summed E-state index contributed by atoms with van der Waals surface area (Å²) in [5, 5.41) is 2.49. The van der Waals surface area contributed by atoms with Crippen molar-refractivity contribution in [2.45, 2.75) is 38.4 Å². The average molecular weight is 443 g/mol. The molecule has 0 spiro atoms.